The third-order valence-electron chi connectivity index (χ3n) is 5.51. The molecule has 2 aliphatic carbocycles. The van der Waals surface area contributed by atoms with E-state index in [1.54, 1.807) is 0 Å². The number of carbonyl (C=O) groups excluding carboxylic acids is 1. The van der Waals surface area contributed by atoms with E-state index in [9.17, 15) is 9.90 Å². The van der Waals surface area contributed by atoms with Gasteiger partial charge in [-0.25, -0.2) is 4.98 Å². The standard InChI is InChI=1S/C18H30N6O2/c1-20-11-5-7-12(8-6-11)23-18-21-10-15(16(19)26)17(24-18)22-13-3-2-4-14(25)9-13/h10-14,20,25H,2-9H2,1H3,(H2,19,26)(H2,21,22,23,24). The topological polar surface area (TPSA) is 125 Å². The van der Waals surface area contributed by atoms with Crippen molar-refractivity contribution in [2.45, 2.75) is 75.6 Å². The number of hydrogen-bond donors (Lipinski definition) is 5. The van der Waals surface area contributed by atoms with Crippen molar-refractivity contribution >= 4 is 17.7 Å². The van der Waals surface area contributed by atoms with E-state index in [1.165, 1.54) is 6.20 Å². The Bertz CT molecular complexity index is 618. The molecule has 0 radical (unpaired) electrons. The second kappa shape index (κ2) is 8.64. The largest absolute Gasteiger partial charge is 0.393 e. The van der Waals surface area contributed by atoms with Crippen molar-refractivity contribution in [3.05, 3.63) is 11.8 Å². The summed E-state index contributed by atoms with van der Waals surface area (Å²) in [5.74, 6) is 0.421. The number of hydrogen-bond acceptors (Lipinski definition) is 7. The smallest absolute Gasteiger partial charge is 0.254 e. The molecule has 8 heteroatoms. The Morgan fingerprint density at radius 2 is 1.85 bits per heavy atom. The SMILES string of the molecule is CNC1CCC(Nc2ncc(C(N)=O)c(NC3CCCC(O)C3)n2)CC1. The van der Waals surface area contributed by atoms with Gasteiger partial charge in [0.25, 0.3) is 5.91 Å². The maximum absolute atomic E-state index is 11.7. The minimum atomic E-state index is -0.551. The number of aliphatic hydroxyl groups excluding tert-OH is 1. The summed E-state index contributed by atoms with van der Waals surface area (Å²) in [6, 6.07) is 1.01. The average molecular weight is 362 g/mol. The minimum Gasteiger partial charge on any atom is -0.393 e. The minimum absolute atomic E-state index is 0.0886. The molecule has 2 atom stereocenters. The normalized spacial score (nSPS) is 29.2. The molecule has 1 aromatic rings. The summed E-state index contributed by atoms with van der Waals surface area (Å²) >= 11 is 0. The van der Waals surface area contributed by atoms with Gasteiger partial charge >= 0.3 is 0 Å². The number of amides is 1. The van der Waals surface area contributed by atoms with Crippen molar-refractivity contribution in [1.82, 2.24) is 15.3 Å². The van der Waals surface area contributed by atoms with Crippen LogP contribution >= 0.6 is 0 Å². The Labute approximate surface area is 154 Å². The fourth-order valence-electron chi connectivity index (χ4n) is 3.94. The molecule has 0 aromatic carbocycles. The van der Waals surface area contributed by atoms with Crippen molar-refractivity contribution in [2.24, 2.45) is 5.73 Å². The van der Waals surface area contributed by atoms with Crippen LogP contribution in [0.4, 0.5) is 11.8 Å². The van der Waals surface area contributed by atoms with Gasteiger partial charge in [-0.15, -0.1) is 0 Å². The number of anilines is 2. The van der Waals surface area contributed by atoms with Crippen molar-refractivity contribution in [2.75, 3.05) is 17.7 Å². The Kier molecular flexibility index (Phi) is 6.26. The number of aromatic nitrogens is 2. The molecular weight excluding hydrogens is 332 g/mol. The summed E-state index contributed by atoms with van der Waals surface area (Å²) in [7, 11) is 2.00. The molecule has 6 N–H and O–H groups in total. The second-order valence-electron chi connectivity index (χ2n) is 7.46. The first kappa shape index (κ1) is 18.8. The van der Waals surface area contributed by atoms with Crippen LogP contribution in [-0.4, -0.2) is 52.3 Å². The van der Waals surface area contributed by atoms with Crippen LogP contribution in [-0.2, 0) is 0 Å². The quantitative estimate of drug-likeness (QED) is 0.515. The summed E-state index contributed by atoms with van der Waals surface area (Å²) in [5.41, 5.74) is 5.76. The zero-order valence-electron chi connectivity index (χ0n) is 15.4. The predicted octanol–water partition coefficient (Wildman–Crippen LogP) is 1.23. The highest BCUT2D eigenvalue weighted by Crippen LogP contribution is 2.25. The Morgan fingerprint density at radius 1 is 1.12 bits per heavy atom. The Balaban J connectivity index is 1.68. The van der Waals surface area contributed by atoms with Crippen molar-refractivity contribution in [3.63, 3.8) is 0 Å². The van der Waals surface area contributed by atoms with Gasteiger partial charge in [0.1, 0.15) is 5.82 Å². The number of nitrogens with zero attached hydrogens (tertiary/aromatic N) is 2. The van der Waals surface area contributed by atoms with E-state index in [0.29, 0.717) is 30.3 Å². The molecular formula is C18H30N6O2. The molecule has 2 aliphatic rings. The maximum atomic E-state index is 11.7. The Morgan fingerprint density at radius 3 is 2.50 bits per heavy atom. The number of carbonyl (C=O) groups is 1. The van der Waals surface area contributed by atoms with E-state index in [2.05, 4.69) is 25.9 Å². The highest BCUT2D eigenvalue weighted by atomic mass is 16.3. The summed E-state index contributed by atoms with van der Waals surface area (Å²) in [4.78, 5) is 20.5. The molecule has 26 heavy (non-hydrogen) atoms. The number of rotatable bonds is 6. The van der Waals surface area contributed by atoms with Gasteiger partial charge in [0.05, 0.1) is 11.7 Å². The Hall–Kier alpha value is -1.93. The van der Waals surface area contributed by atoms with E-state index < -0.39 is 5.91 Å². The molecule has 8 nitrogen and oxygen atoms in total. The molecule has 2 unspecified atom stereocenters. The molecule has 0 aliphatic heterocycles. The summed E-state index contributed by atoms with van der Waals surface area (Å²) in [6.07, 6.45) is 8.92. The number of nitrogens with one attached hydrogen (secondary N) is 3. The lowest BCUT2D eigenvalue weighted by Gasteiger charge is -2.29. The number of aliphatic hydroxyl groups is 1. The van der Waals surface area contributed by atoms with Crippen LogP contribution in [0.5, 0.6) is 0 Å². The van der Waals surface area contributed by atoms with E-state index >= 15 is 0 Å². The van der Waals surface area contributed by atoms with Crippen LogP contribution in [0.3, 0.4) is 0 Å². The lowest BCUT2D eigenvalue weighted by molar-refractivity contribution is 0.100. The fourth-order valence-corrected chi connectivity index (χ4v) is 3.94. The maximum Gasteiger partial charge on any atom is 0.254 e. The zero-order chi connectivity index (χ0) is 18.5. The van der Waals surface area contributed by atoms with Gasteiger partial charge in [-0.2, -0.15) is 4.98 Å². The van der Waals surface area contributed by atoms with E-state index in [1.807, 2.05) is 7.05 Å². The summed E-state index contributed by atoms with van der Waals surface area (Å²) in [5, 5.41) is 19.9. The van der Waals surface area contributed by atoms with Gasteiger partial charge in [-0.05, 0) is 58.4 Å². The van der Waals surface area contributed by atoms with Crippen LogP contribution < -0.4 is 21.7 Å². The van der Waals surface area contributed by atoms with Crippen molar-refractivity contribution in [3.8, 4) is 0 Å². The molecule has 2 saturated carbocycles. The monoisotopic (exact) mass is 362 g/mol. The van der Waals surface area contributed by atoms with Crippen LogP contribution in [0.15, 0.2) is 6.20 Å². The first-order chi connectivity index (χ1) is 12.5. The first-order valence-corrected chi connectivity index (χ1v) is 9.60. The highest BCUT2D eigenvalue weighted by Gasteiger charge is 2.24. The predicted molar refractivity (Wildman–Crippen MR) is 101 cm³/mol. The van der Waals surface area contributed by atoms with Gasteiger partial charge in [0, 0.05) is 24.3 Å². The van der Waals surface area contributed by atoms with Gasteiger partial charge < -0.3 is 26.8 Å². The lowest BCUT2D eigenvalue weighted by atomic mass is 9.91. The number of primary amides is 1. The van der Waals surface area contributed by atoms with E-state index in [4.69, 9.17) is 5.73 Å². The molecule has 0 bridgehead atoms. The molecule has 0 saturated heterocycles. The van der Waals surface area contributed by atoms with Crippen molar-refractivity contribution in [1.29, 1.82) is 0 Å². The molecule has 0 spiro atoms. The second-order valence-corrected chi connectivity index (χ2v) is 7.46. The van der Waals surface area contributed by atoms with E-state index in [0.717, 1.165) is 44.9 Å². The highest BCUT2D eigenvalue weighted by molar-refractivity contribution is 5.97. The zero-order valence-corrected chi connectivity index (χ0v) is 15.4. The van der Waals surface area contributed by atoms with Gasteiger partial charge in [0.15, 0.2) is 0 Å². The molecule has 1 heterocycles. The van der Waals surface area contributed by atoms with Crippen LogP contribution in [0.2, 0.25) is 0 Å². The molecule has 2 fully saturated rings. The molecule has 3 rings (SSSR count). The summed E-state index contributed by atoms with van der Waals surface area (Å²) < 4.78 is 0. The van der Waals surface area contributed by atoms with Crippen molar-refractivity contribution < 1.29 is 9.90 Å². The molecule has 1 aromatic heterocycles. The lowest BCUT2D eigenvalue weighted by Crippen LogP contribution is -2.35. The van der Waals surface area contributed by atoms with Gasteiger partial charge in [-0.3, -0.25) is 4.79 Å². The van der Waals surface area contributed by atoms with Gasteiger partial charge in [0.2, 0.25) is 5.95 Å². The first-order valence-electron chi connectivity index (χ1n) is 9.60. The summed E-state index contributed by atoms with van der Waals surface area (Å²) in [6.45, 7) is 0. The van der Waals surface area contributed by atoms with Gasteiger partial charge in [-0.1, -0.05) is 0 Å². The van der Waals surface area contributed by atoms with Crippen LogP contribution in [0.1, 0.15) is 61.7 Å². The number of nitrogens with two attached hydrogens (primary N) is 1. The third-order valence-corrected chi connectivity index (χ3v) is 5.51. The van der Waals surface area contributed by atoms with Crippen LogP contribution in [0.25, 0.3) is 0 Å². The molecule has 1 amide bonds. The van der Waals surface area contributed by atoms with E-state index in [-0.39, 0.29) is 17.7 Å². The fraction of sp³-hybridized carbons (Fsp3) is 0.722. The van der Waals surface area contributed by atoms with Crippen LogP contribution in [0, 0.1) is 0 Å². The third kappa shape index (κ3) is 4.82. The molecule has 144 valence electrons. The average Bonchev–Trinajstić information content (AvgIpc) is 2.62.